The van der Waals surface area contributed by atoms with Gasteiger partial charge in [-0.3, -0.25) is 9.59 Å². The van der Waals surface area contributed by atoms with Crippen molar-refractivity contribution in [3.8, 4) is 5.75 Å². The Bertz CT molecular complexity index is 2010. The fraction of sp³-hybridized carbons (Fsp3) is 0.400. The van der Waals surface area contributed by atoms with Crippen molar-refractivity contribution in [2.24, 2.45) is 0 Å². The smallest absolute Gasteiger partial charge is 0.387 e. The summed E-state index contributed by atoms with van der Waals surface area (Å²) in [5.41, 5.74) is 0.620. The van der Waals surface area contributed by atoms with Gasteiger partial charge >= 0.3 is 6.61 Å². The molecule has 9 nitrogen and oxygen atoms in total. The molecule has 1 saturated heterocycles. The van der Waals surface area contributed by atoms with Crippen LogP contribution >= 0.6 is 0 Å². The topological polar surface area (TPSA) is 111 Å². The van der Waals surface area contributed by atoms with Gasteiger partial charge in [0, 0.05) is 25.0 Å². The zero-order valence-corrected chi connectivity index (χ0v) is 28.0. The van der Waals surface area contributed by atoms with Crippen LogP contribution in [-0.4, -0.2) is 65.4 Å². The van der Waals surface area contributed by atoms with Crippen LogP contribution in [0.5, 0.6) is 5.75 Å². The first kappa shape index (κ1) is 35.3. The number of rotatable bonds is 9. The van der Waals surface area contributed by atoms with Gasteiger partial charge in [-0.1, -0.05) is 36.8 Å². The van der Waals surface area contributed by atoms with Crippen LogP contribution in [0.2, 0.25) is 0 Å². The third-order valence-electron chi connectivity index (χ3n) is 9.55. The number of nitrogens with zero attached hydrogens (tertiary/aromatic N) is 3. The van der Waals surface area contributed by atoms with Crippen LogP contribution in [0.4, 0.5) is 27.8 Å². The molecule has 2 fully saturated rings. The Balaban J connectivity index is 1.28. The number of likely N-dealkylation sites (tertiary alicyclic amines) is 1. The first-order chi connectivity index (χ1) is 23.6. The van der Waals surface area contributed by atoms with Gasteiger partial charge < -0.3 is 15.0 Å². The van der Waals surface area contributed by atoms with E-state index < -0.39 is 71.4 Å². The first-order valence-electron chi connectivity index (χ1n) is 16.2. The van der Waals surface area contributed by atoms with Gasteiger partial charge in [0.1, 0.15) is 23.8 Å². The lowest BCUT2D eigenvalue weighted by Crippen LogP contribution is -2.54. The third-order valence-corrected chi connectivity index (χ3v) is 11.3. The third kappa shape index (κ3) is 6.66. The Morgan fingerprint density at radius 2 is 1.66 bits per heavy atom. The number of aryl methyl sites for hydroxylation is 2. The number of benzene rings is 2. The van der Waals surface area contributed by atoms with E-state index >= 15 is 0 Å². The van der Waals surface area contributed by atoms with Gasteiger partial charge in [0.15, 0.2) is 0 Å². The molecule has 50 heavy (non-hydrogen) atoms. The minimum absolute atomic E-state index is 0.0337. The zero-order chi connectivity index (χ0) is 36.0. The number of ether oxygens (including phenoxy) is 1. The van der Waals surface area contributed by atoms with Crippen LogP contribution < -0.4 is 10.1 Å². The molecule has 2 aromatic heterocycles. The number of pyridine rings is 1. The highest BCUT2D eigenvalue weighted by Gasteiger charge is 2.53. The normalized spacial score (nSPS) is 20.3. The molecule has 1 saturated carbocycles. The number of nitrogens with one attached hydrogen (secondary N) is 1. The van der Waals surface area contributed by atoms with E-state index in [1.54, 1.807) is 25.1 Å². The average molecular weight is 719 g/mol. The second-order valence-corrected chi connectivity index (χ2v) is 14.6. The lowest BCUT2D eigenvalue weighted by Gasteiger charge is -2.42. The summed E-state index contributed by atoms with van der Waals surface area (Å²) >= 11 is 0. The Morgan fingerprint density at radius 3 is 2.28 bits per heavy atom. The molecule has 15 heteroatoms. The van der Waals surface area contributed by atoms with Gasteiger partial charge in [0.05, 0.1) is 27.9 Å². The summed E-state index contributed by atoms with van der Waals surface area (Å²) in [6.45, 7) is 0.0967. The number of aromatic nitrogens is 2. The fourth-order valence-corrected chi connectivity index (χ4v) is 8.49. The number of halogens is 5. The Labute approximate surface area is 285 Å². The maximum absolute atomic E-state index is 15.0. The zero-order valence-electron chi connectivity index (χ0n) is 27.2. The van der Waals surface area contributed by atoms with Gasteiger partial charge in [-0.05, 0) is 74.2 Å². The van der Waals surface area contributed by atoms with Crippen molar-refractivity contribution in [3.63, 3.8) is 0 Å². The van der Waals surface area contributed by atoms with Crippen LogP contribution in [0.15, 0.2) is 71.6 Å². The Kier molecular flexibility index (Phi) is 9.39. The molecule has 0 spiro atoms. The highest BCUT2D eigenvalue weighted by atomic mass is 32.2. The average Bonchev–Trinajstić information content (AvgIpc) is 3.65. The molecule has 1 aliphatic heterocycles. The van der Waals surface area contributed by atoms with Crippen molar-refractivity contribution in [1.82, 2.24) is 13.9 Å². The summed E-state index contributed by atoms with van der Waals surface area (Å²) in [6, 6.07) is 14.7. The van der Waals surface area contributed by atoms with E-state index in [-0.39, 0.29) is 52.3 Å². The second kappa shape index (κ2) is 13.3. The highest BCUT2D eigenvalue weighted by molar-refractivity contribution is 7.90. The Morgan fingerprint density at radius 1 is 1.00 bits per heavy atom. The maximum Gasteiger partial charge on any atom is 0.387 e. The number of hydrogen-bond acceptors (Lipinski definition) is 6. The molecule has 2 atom stereocenters. The summed E-state index contributed by atoms with van der Waals surface area (Å²) in [5.74, 6) is -4.66. The molecule has 1 N–H and O–H groups in total. The molecule has 3 heterocycles. The van der Waals surface area contributed by atoms with Gasteiger partial charge in [0.25, 0.3) is 10.0 Å². The van der Waals surface area contributed by atoms with Crippen LogP contribution in [0.1, 0.15) is 55.8 Å². The van der Waals surface area contributed by atoms with E-state index in [1.807, 2.05) is 6.92 Å². The minimum atomic E-state index is -3.99. The van der Waals surface area contributed by atoms with Gasteiger partial charge in [-0.25, -0.2) is 30.5 Å². The SMILES string of the molecule is CCc1cc2nc(NC(=O)[C@H]3C[C@@H](F)CN3C(=O)C3(c4ccc(OC(F)F)cc4)CCC(F)(F)CC3)ccc2n1S(=O)(=O)c1ccc(C)cc1. The fourth-order valence-electron chi connectivity index (χ4n) is 6.90. The predicted molar refractivity (Wildman–Crippen MR) is 175 cm³/mol. The molecular weight excluding hydrogens is 683 g/mol. The molecule has 4 aromatic rings. The molecule has 0 radical (unpaired) electrons. The van der Waals surface area contributed by atoms with Crippen molar-refractivity contribution in [3.05, 3.63) is 83.6 Å². The highest BCUT2D eigenvalue weighted by Crippen LogP contribution is 2.48. The van der Waals surface area contributed by atoms with Crippen molar-refractivity contribution in [1.29, 1.82) is 0 Å². The van der Waals surface area contributed by atoms with Crippen molar-refractivity contribution in [2.45, 2.75) is 87.4 Å². The van der Waals surface area contributed by atoms with Crippen molar-refractivity contribution in [2.75, 3.05) is 11.9 Å². The monoisotopic (exact) mass is 718 g/mol. The summed E-state index contributed by atoms with van der Waals surface area (Å²) in [6.07, 6.45) is -3.47. The van der Waals surface area contributed by atoms with Crippen LogP contribution in [0.3, 0.4) is 0 Å². The number of alkyl halides is 5. The predicted octanol–water partition coefficient (Wildman–Crippen LogP) is 6.77. The maximum atomic E-state index is 15.0. The molecule has 0 unspecified atom stereocenters. The number of carbonyl (C=O) groups excluding carboxylic acids is 2. The van der Waals surface area contributed by atoms with Gasteiger partial charge in [0.2, 0.25) is 17.7 Å². The lowest BCUT2D eigenvalue weighted by molar-refractivity contribution is -0.146. The van der Waals surface area contributed by atoms with Gasteiger partial charge in [-0.2, -0.15) is 8.78 Å². The number of amides is 2. The van der Waals surface area contributed by atoms with Crippen molar-refractivity contribution >= 4 is 38.7 Å². The minimum Gasteiger partial charge on any atom is -0.435 e. The lowest BCUT2D eigenvalue weighted by atomic mass is 9.67. The quantitative estimate of drug-likeness (QED) is 0.191. The van der Waals surface area contributed by atoms with E-state index in [2.05, 4.69) is 15.0 Å². The van der Waals surface area contributed by atoms with Gasteiger partial charge in [-0.15, -0.1) is 0 Å². The number of fused-ring (bicyclic) bond motifs is 1. The molecule has 6 rings (SSSR count). The molecule has 0 bridgehead atoms. The first-order valence-corrected chi connectivity index (χ1v) is 17.6. The van der Waals surface area contributed by atoms with E-state index in [1.165, 1.54) is 52.5 Å². The van der Waals surface area contributed by atoms with E-state index in [0.717, 1.165) is 10.5 Å². The van der Waals surface area contributed by atoms with E-state index in [0.29, 0.717) is 12.1 Å². The molecular formula is C35H35F5N4O5S. The standard InChI is InChI=1S/C35H35F5N4O5S/c1-3-24-19-27-28(44(24)50(47,48)26-10-4-21(2)5-11-26)12-13-30(41-27)42-31(45)29-18-23(36)20-43(29)32(46)34(14-16-35(39,40)17-15-34)22-6-8-25(9-7-22)49-33(37)38/h4-13,19,23,29,33H,3,14-18,20H2,1-2H3,(H,41,42,45)/t23-,29-/m1/s1. The molecule has 2 aliphatic rings. The second-order valence-electron chi connectivity index (χ2n) is 12.8. The molecule has 266 valence electrons. The summed E-state index contributed by atoms with van der Waals surface area (Å²) < 4.78 is 102. The summed E-state index contributed by atoms with van der Waals surface area (Å²) in [4.78, 5) is 33.6. The van der Waals surface area contributed by atoms with Crippen molar-refractivity contribution < 1.29 is 44.7 Å². The summed E-state index contributed by atoms with van der Waals surface area (Å²) in [7, 11) is -3.99. The van der Waals surface area contributed by atoms with E-state index in [4.69, 9.17) is 0 Å². The summed E-state index contributed by atoms with van der Waals surface area (Å²) in [5, 5.41) is 2.62. The van der Waals surface area contributed by atoms with Crippen LogP contribution in [-0.2, 0) is 31.4 Å². The Hall–Kier alpha value is -4.53. The van der Waals surface area contributed by atoms with Crippen LogP contribution in [0.25, 0.3) is 11.0 Å². The number of hydrogen-bond donors (Lipinski definition) is 1. The molecule has 2 amide bonds. The van der Waals surface area contributed by atoms with Crippen LogP contribution in [0, 0.1) is 6.92 Å². The number of anilines is 1. The van der Waals surface area contributed by atoms with E-state index in [9.17, 15) is 40.0 Å². The molecule has 2 aromatic carbocycles. The number of carbonyl (C=O) groups is 2. The molecule has 1 aliphatic carbocycles. The largest absolute Gasteiger partial charge is 0.435 e.